The molecule has 176 valence electrons. The number of halogens is 1. The summed E-state index contributed by atoms with van der Waals surface area (Å²) >= 11 is 3.43. The number of carbonyl (C=O) groups is 1. The minimum absolute atomic E-state index is 0.140. The summed E-state index contributed by atoms with van der Waals surface area (Å²) in [4.78, 5) is 39.2. The maximum Gasteiger partial charge on any atom is 0.331 e. The lowest BCUT2D eigenvalue weighted by atomic mass is 9.84. The maximum absolute atomic E-state index is 13.5. The first-order valence-corrected chi connectivity index (χ1v) is 11.9. The van der Waals surface area contributed by atoms with E-state index in [4.69, 9.17) is 9.47 Å². The molecule has 0 saturated carbocycles. The number of nitrogens with zero attached hydrogens (tertiary/aromatic N) is 2. The Bertz CT molecular complexity index is 1260. The molecule has 8 heteroatoms. The highest BCUT2D eigenvalue weighted by atomic mass is 79.9. The molecule has 7 nitrogen and oxygen atoms in total. The summed E-state index contributed by atoms with van der Waals surface area (Å²) in [6.45, 7) is 4.13. The van der Waals surface area contributed by atoms with Crippen molar-refractivity contribution in [3.8, 4) is 5.75 Å². The van der Waals surface area contributed by atoms with Crippen molar-refractivity contribution < 1.29 is 14.3 Å². The van der Waals surface area contributed by atoms with Crippen LogP contribution in [0.4, 0.5) is 0 Å². The van der Waals surface area contributed by atoms with Crippen LogP contribution in [0.2, 0.25) is 0 Å². The van der Waals surface area contributed by atoms with Gasteiger partial charge in [-0.25, -0.2) is 4.79 Å². The molecule has 0 aliphatic rings. The first-order chi connectivity index (χ1) is 15.7. The van der Waals surface area contributed by atoms with Crippen molar-refractivity contribution in [2.45, 2.75) is 45.2 Å². The molecule has 0 amide bonds. The number of aryl methyl sites for hydroxylation is 1. The van der Waals surface area contributed by atoms with Gasteiger partial charge in [-0.05, 0) is 62.1 Å². The van der Waals surface area contributed by atoms with E-state index in [2.05, 4.69) is 15.9 Å². The molecule has 0 aliphatic carbocycles. The molecule has 0 aliphatic heterocycles. The summed E-state index contributed by atoms with van der Waals surface area (Å²) in [6.07, 6.45) is 1.69. The van der Waals surface area contributed by atoms with Gasteiger partial charge in [-0.3, -0.25) is 18.7 Å². The third kappa shape index (κ3) is 5.05. The number of hydrogen-bond donors (Lipinski definition) is 0. The minimum atomic E-state index is -0.937. The van der Waals surface area contributed by atoms with E-state index in [-0.39, 0.29) is 17.8 Å². The van der Waals surface area contributed by atoms with Crippen LogP contribution in [0.25, 0.3) is 10.9 Å². The summed E-state index contributed by atoms with van der Waals surface area (Å²) in [5, 5.41) is 1.24. The molecule has 3 aromatic rings. The Morgan fingerprint density at radius 3 is 2.30 bits per heavy atom. The zero-order valence-corrected chi connectivity index (χ0v) is 21.0. The number of fused-ring (bicyclic) bond motifs is 1. The van der Waals surface area contributed by atoms with Crippen LogP contribution in [0.15, 0.2) is 52.1 Å². The fraction of sp³-hybridized carbons (Fsp3) is 0.400. The van der Waals surface area contributed by atoms with Crippen LogP contribution in [0.3, 0.4) is 0 Å². The Hall–Kier alpha value is -2.87. The van der Waals surface area contributed by atoms with Gasteiger partial charge in [0.1, 0.15) is 5.75 Å². The quantitative estimate of drug-likeness (QED) is 0.245. The normalized spacial score (nSPS) is 11.5. The van der Waals surface area contributed by atoms with E-state index >= 15 is 0 Å². The van der Waals surface area contributed by atoms with E-state index in [0.29, 0.717) is 28.8 Å². The Morgan fingerprint density at radius 2 is 1.70 bits per heavy atom. The summed E-state index contributed by atoms with van der Waals surface area (Å²) in [5.74, 6) is 0.303. The molecule has 0 N–H and O–H groups in total. The van der Waals surface area contributed by atoms with E-state index in [1.54, 1.807) is 55.9 Å². The van der Waals surface area contributed by atoms with Gasteiger partial charge in [0, 0.05) is 11.9 Å². The van der Waals surface area contributed by atoms with Crippen molar-refractivity contribution in [3.63, 3.8) is 0 Å². The molecule has 1 aromatic heterocycles. The molecule has 0 radical (unpaired) electrons. The largest absolute Gasteiger partial charge is 0.497 e. The first kappa shape index (κ1) is 24.8. The van der Waals surface area contributed by atoms with Gasteiger partial charge in [0.25, 0.3) is 5.56 Å². The van der Waals surface area contributed by atoms with Crippen LogP contribution in [0.1, 0.15) is 37.8 Å². The second kappa shape index (κ2) is 10.4. The zero-order valence-electron chi connectivity index (χ0n) is 19.4. The van der Waals surface area contributed by atoms with Gasteiger partial charge in [-0.15, -0.1) is 0 Å². The molecule has 0 spiro atoms. The van der Waals surface area contributed by atoms with E-state index in [0.717, 1.165) is 23.7 Å². The molecule has 0 unspecified atom stereocenters. The number of esters is 1. The van der Waals surface area contributed by atoms with E-state index < -0.39 is 11.4 Å². The number of carbonyl (C=O) groups excluding carboxylic acids is 1. The maximum atomic E-state index is 13.5. The summed E-state index contributed by atoms with van der Waals surface area (Å²) in [7, 11) is 2.93. The van der Waals surface area contributed by atoms with E-state index in [1.807, 2.05) is 12.1 Å². The second-order valence-electron chi connectivity index (χ2n) is 8.42. The molecule has 1 heterocycles. The van der Waals surface area contributed by atoms with Crippen LogP contribution < -0.4 is 16.0 Å². The Labute approximate surface area is 201 Å². The topological polar surface area (TPSA) is 79.5 Å². The summed E-state index contributed by atoms with van der Waals surface area (Å²) in [5.41, 5.74) is 0.360. The van der Waals surface area contributed by atoms with Gasteiger partial charge in [-0.2, -0.15) is 0 Å². The highest BCUT2D eigenvalue weighted by molar-refractivity contribution is 9.09. The molecular formula is C25H29BrN2O5. The number of rotatable bonds is 9. The third-order valence-electron chi connectivity index (χ3n) is 5.91. The monoisotopic (exact) mass is 516 g/mol. The van der Waals surface area contributed by atoms with Crippen LogP contribution in [-0.2, 0) is 28.0 Å². The molecule has 0 bridgehead atoms. The van der Waals surface area contributed by atoms with Crippen molar-refractivity contribution in [2.75, 3.05) is 19.5 Å². The lowest BCUT2D eigenvalue weighted by Crippen LogP contribution is -2.40. The number of aromatic nitrogens is 2. The van der Waals surface area contributed by atoms with E-state index in [1.165, 1.54) is 11.7 Å². The van der Waals surface area contributed by atoms with E-state index in [9.17, 15) is 14.4 Å². The highest BCUT2D eigenvalue weighted by Gasteiger charge is 2.31. The fourth-order valence-corrected chi connectivity index (χ4v) is 4.22. The Morgan fingerprint density at radius 1 is 1.00 bits per heavy atom. The van der Waals surface area contributed by atoms with Crippen molar-refractivity contribution >= 4 is 32.8 Å². The number of hydrogen-bond acceptors (Lipinski definition) is 5. The second-order valence-corrected chi connectivity index (χ2v) is 9.21. The smallest absolute Gasteiger partial charge is 0.331 e. The summed E-state index contributed by atoms with van der Waals surface area (Å²) < 4.78 is 13.1. The summed E-state index contributed by atoms with van der Waals surface area (Å²) in [6, 6.07) is 12.5. The molecule has 3 rings (SSSR count). The van der Waals surface area contributed by atoms with Crippen LogP contribution >= 0.6 is 15.9 Å². The number of ether oxygens (including phenoxy) is 2. The van der Waals surface area contributed by atoms with Gasteiger partial charge in [0.05, 0.1) is 37.1 Å². The predicted octanol–water partition coefficient (Wildman–Crippen LogP) is 3.85. The zero-order chi connectivity index (χ0) is 24.2. The Balaban J connectivity index is 2.20. The van der Waals surface area contributed by atoms with Crippen LogP contribution in [0, 0.1) is 0 Å². The fourth-order valence-electron chi connectivity index (χ4n) is 3.82. The Kier molecular flexibility index (Phi) is 7.79. The highest BCUT2D eigenvalue weighted by Crippen LogP contribution is 2.27. The lowest BCUT2D eigenvalue weighted by Gasteiger charge is -2.23. The van der Waals surface area contributed by atoms with Crippen molar-refractivity contribution in [2.24, 2.45) is 0 Å². The number of methoxy groups -OCH3 is 2. The molecule has 2 aromatic carbocycles. The SMILES string of the molecule is COC(=O)C(C)(C)c1ccc2c(c1)c(=O)n(Cc1ccc(OC)cc1)c(=O)n2CCCCBr. The molecule has 0 fully saturated rings. The average Bonchev–Trinajstić information content (AvgIpc) is 2.83. The molecule has 33 heavy (non-hydrogen) atoms. The van der Waals surface area contributed by atoms with Crippen molar-refractivity contribution in [1.82, 2.24) is 9.13 Å². The molecular weight excluding hydrogens is 488 g/mol. The van der Waals surface area contributed by atoms with Crippen LogP contribution in [-0.4, -0.2) is 34.7 Å². The molecule has 0 atom stereocenters. The van der Waals surface area contributed by atoms with Gasteiger partial charge in [0.15, 0.2) is 0 Å². The predicted molar refractivity (Wildman–Crippen MR) is 133 cm³/mol. The number of unbranched alkanes of at least 4 members (excludes halogenated alkanes) is 1. The van der Waals surface area contributed by atoms with Crippen molar-refractivity contribution in [3.05, 3.63) is 74.4 Å². The van der Waals surface area contributed by atoms with Gasteiger partial charge in [-0.1, -0.05) is 34.1 Å². The van der Waals surface area contributed by atoms with Gasteiger partial charge < -0.3 is 9.47 Å². The van der Waals surface area contributed by atoms with Gasteiger partial charge in [0.2, 0.25) is 0 Å². The lowest BCUT2D eigenvalue weighted by molar-refractivity contribution is -0.146. The average molecular weight is 517 g/mol. The third-order valence-corrected chi connectivity index (χ3v) is 6.47. The van der Waals surface area contributed by atoms with Crippen molar-refractivity contribution in [1.29, 1.82) is 0 Å². The molecule has 0 saturated heterocycles. The first-order valence-electron chi connectivity index (χ1n) is 10.8. The number of benzene rings is 2. The number of alkyl halides is 1. The van der Waals surface area contributed by atoms with Gasteiger partial charge >= 0.3 is 11.7 Å². The van der Waals surface area contributed by atoms with Crippen LogP contribution in [0.5, 0.6) is 5.75 Å². The minimum Gasteiger partial charge on any atom is -0.497 e. The standard InChI is InChI=1S/C25H29BrN2O5/c1-25(2,23(30)33-4)18-9-12-21-20(15-18)22(29)28(24(31)27(21)14-6-5-13-26)16-17-7-10-19(32-3)11-8-17/h7-12,15H,5-6,13-14,16H2,1-4H3.